The van der Waals surface area contributed by atoms with Gasteiger partial charge in [-0.15, -0.1) is 0 Å². The Morgan fingerprint density at radius 2 is 2.11 bits per heavy atom. The van der Waals surface area contributed by atoms with Gasteiger partial charge in [-0.3, -0.25) is 4.79 Å². The van der Waals surface area contributed by atoms with Gasteiger partial charge in [0.15, 0.2) is 0 Å². The maximum atomic E-state index is 12.4. The first-order valence-corrected chi connectivity index (χ1v) is 7.20. The summed E-state index contributed by atoms with van der Waals surface area (Å²) < 4.78 is 5.27. The number of benzene rings is 1. The van der Waals surface area contributed by atoms with Gasteiger partial charge in [-0.2, -0.15) is 0 Å². The van der Waals surface area contributed by atoms with Crippen molar-refractivity contribution < 1.29 is 9.53 Å². The van der Waals surface area contributed by atoms with Crippen LogP contribution in [0.2, 0.25) is 5.02 Å². The Labute approximate surface area is 119 Å². The lowest BCUT2D eigenvalue weighted by Gasteiger charge is -2.15. The highest BCUT2D eigenvalue weighted by molar-refractivity contribution is 6.32. The summed E-state index contributed by atoms with van der Waals surface area (Å²) in [6.45, 7) is 2.04. The number of amides is 1. The Kier molecular flexibility index (Phi) is 4.70. The third-order valence-corrected chi connectivity index (χ3v) is 3.93. The first kappa shape index (κ1) is 14.2. The van der Waals surface area contributed by atoms with E-state index in [0.29, 0.717) is 22.4 Å². The maximum absolute atomic E-state index is 12.4. The molecule has 104 valence electrons. The molecule has 0 unspecified atom stereocenters. The molecule has 0 aliphatic heterocycles. The molecule has 0 saturated heterocycles. The van der Waals surface area contributed by atoms with Crippen LogP contribution in [0.4, 0.5) is 0 Å². The van der Waals surface area contributed by atoms with Gasteiger partial charge in [0.25, 0.3) is 5.91 Å². The standard InChI is InChI=1S/C15H20ClNO2/c1-3-10-8-12(14(19-2)13(16)9-10)15(18)17-11-6-4-5-7-11/h8-9,11H,3-7H2,1-2H3,(H,17,18). The molecule has 1 aliphatic rings. The summed E-state index contributed by atoms with van der Waals surface area (Å²) in [5, 5.41) is 3.57. The molecule has 4 heteroatoms. The fourth-order valence-electron chi connectivity index (χ4n) is 2.56. The fraction of sp³-hybridized carbons (Fsp3) is 0.533. The second kappa shape index (κ2) is 6.29. The molecule has 1 saturated carbocycles. The summed E-state index contributed by atoms with van der Waals surface area (Å²) in [6.07, 6.45) is 5.35. The average molecular weight is 282 g/mol. The molecule has 1 amide bonds. The minimum atomic E-state index is -0.0825. The highest BCUT2D eigenvalue weighted by Crippen LogP contribution is 2.31. The number of nitrogens with one attached hydrogen (secondary N) is 1. The van der Waals surface area contributed by atoms with Gasteiger partial charge in [0.05, 0.1) is 17.7 Å². The Bertz CT molecular complexity index is 467. The number of rotatable bonds is 4. The number of carbonyl (C=O) groups is 1. The molecule has 0 heterocycles. The second-order valence-electron chi connectivity index (χ2n) is 4.97. The third-order valence-electron chi connectivity index (χ3n) is 3.65. The van der Waals surface area contributed by atoms with Crippen LogP contribution in [-0.4, -0.2) is 19.1 Å². The molecule has 2 rings (SSSR count). The molecule has 0 atom stereocenters. The van der Waals surface area contributed by atoms with Gasteiger partial charge in [0, 0.05) is 6.04 Å². The highest BCUT2D eigenvalue weighted by Gasteiger charge is 2.21. The minimum Gasteiger partial charge on any atom is -0.494 e. The molecule has 0 bridgehead atoms. The summed E-state index contributed by atoms with van der Waals surface area (Å²) in [7, 11) is 1.54. The molecule has 19 heavy (non-hydrogen) atoms. The Morgan fingerprint density at radius 1 is 1.42 bits per heavy atom. The van der Waals surface area contributed by atoms with Gasteiger partial charge in [-0.1, -0.05) is 31.4 Å². The Hall–Kier alpha value is -1.22. The van der Waals surface area contributed by atoms with Crippen molar-refractivity contribution in [3.05, 3.63) is 28.3 Å². The normalized spacial score (nSPS) is 15.5. The van der Waals surface area contributed by atoms with Crippen LogP contribution in [0.3, 0.4) is 0 Å². The zero-order chi connectivity index (χ0) is 13.8. The van der Waals surface area contributed by atoms with Gasteiger partial charge in [0.2, 0.25) is 0 Å². The van der Waals surface area contributed by atoms with E-state index in [-0.39, 0.29) is 5.91 Å². The van der Waals surface area contributed by atoms with Crippen molar-refractivity contribution in [2.75, 3.05) is 7.11 Å². The van der Waals surface area contributed by atoms with Crippen molar-refractivity contribution in [1.29, 1.82) is 0 Å². The van der Waals surface area contributed by atoms with E-state index in [1.165, 1.54) is 12.8 Å². The molecule has 0 radical (unpaired) electrons. The molecule has 1 fully saturated rings. The van der Waals surface area contributed by atoms with E-state index >= 15 is 0 Å². The number of carbonyl (C=O) groups excluding carboxylic acids is 1. The number of ether oxygens (including phenoxy) is 1. The summed E-state index contributed by atoms with van der Waals surface area (Å²) in [5.41, 5.74) is 1.58. The number of aryl methyl sites for hydroxylation is 1. The molecular formula is C15H20ClNO2. The van der Waals surface area contributed by atoms with Crippen LogP contribution in [0.5, 0.6) is 5.75 Å². The predicted molar refractivity (Wildman–Crippen MR) is 77.1 cm³/mol. The number of hydrogen-bond donors (Lipinski definition) is 1. The van der Waals surface area contributed by atoms with Gasteiger partial charge in [-0.25, -0.2) is 0 Å². The van der Waals surface area contributed by atoms with Crippen LogP contribution in [0, 0.1) is 0 Å². The molecule has 1 aromatic rings. The number of halogens is 1. The molecular weight excluding hydrogens is 262 g/mol. The van der Waals surface area contributed by atoms with Crippen molar-refractivity contribution in [1.82, 2.24) is 5.32 Å². The van der Waals surface area contributed by atoms with Crippen LogP contribution in [0.15, 0.2) is 12.1 Å². The highest BCUT2D eigenvalue weighted by atomic mass is 35.5. The summed E-state index contributed by atoms with van der Waals surface area (Å²) in [6, 6.07) is 4.02. The van der Waals surface area contributed by atoms with Gasteiger partial charge >= 0.3 is 0 Å². The molecule has 1 aromatic carbocycles. The molecule has 1 N–H and O–H groups in total. The number of hydrogen-bond acceptors (Lipinski definition) is 2. The van der Waals surface area contributed by atoms with Crippen molar-refractivity contribution in [2.45, 2.75) is 45.1 Å². The summed E-state index contributed by atoms with van der Waals surface area (Å²) >= 11 is 6.17. The van der Waals surface area contributed by atoms with Gasteiger partial charge in [0.1, 0.15) is 5.75 Å². The van der Waals surface area contributed by atoms with E-state index in [4.69, 9.17) is 16.3 Å². The van der Waals surface area contributed by atoms with Crippen molar-refractivity contribution in [3.8, 4) is 5.75 Å². The van der Waals surface area contributed by atoms with Crippen LogP contribution in [-0.2, 0) is 6.42 Å². The fourth-order valence-corrected chi connectivity index (χ4v) is 2.88. The van der Waals surface area contributed by atoms with Crippen molar-refractivity contribution in [3.63, 3.8) is 0 Å². The lowest BCUT2D eigenvalue weighted by Crippen LogP contribution is -2.32. The SMILES string of the molecule is CCc1cc(Cl)c(OC)c(C(=O)NC2CCCC2)c1. The monoisotopic (exact) mass is 281 g/mol. The van der Waals surface area contributed by atoms with Crippen molar-refractivity contribution in [2.24, 2.45) is 0 Å². The lowest BCUT2D eigenvalue weighted by molar-refractivity contribution is 0.0934. The van der Waals surface area contributed by atoms with E-state index < -0.39 is 0 Å². The van der Waals surface area contributed by atoms with E-state index in [9.17, 15) is 4.79 Å². The maximum Gasteiger partial charge on any atom is 0.255 e. The zero-order valence-corrected chi connectivity index (χ0v) is 12.2. The van der Waals surface area contributed by atoms with E-state index in [0.717, 1.165) is 24.8 Å². The molecule has 0 spiro atoms. The molecule has 1 aliphatic carbocycles. The average Bonchev–Trinajstić information content (AvgIpc) is 2.90. The van der Waals surface area contributed by atoms with Crippen LogP contribution >= 0.6 is 11.6 Å². The first-order valence-electron chi connectivity index (χ1n) is 6.83. The topological polar surface area (TPSA) is 38.3 Å². The van der Waals surface area contributed by atoms with Crippen LogP contribution in [0.25, 0.3) is 0 Å². The van der Waals surface area contributed by atoms with Crippen LogP contribution < -0.4 is 10.1 Å². The predicted octanol–water partition coefficient (Wildman–Crippen LogP) is 3.58. The van der Waals surface area contributed by atoms with E-state index in [1.807, 2.05) is 19.1 Å². The van der Waals surface area contributed by atoms with Crippen molar-refractivity contribution >= 4 is 17.5 Å². The van der Waals surface area contributed by atoms with Crippen LogP contribution in [0.1, 0.15) is 48.5 Å². The van der Waals surface area contributed by atoms with E-state index in [1.54, 1.807) is 7.11 Å². The smallest absolute Gasteiger partial charge is 0.255 e. The first-order chi connectivity index (χ1) is 9.15. The third kappa shape index (κ3) is 3.21. The lowest BCUT2D eigenvalue weighted by atomic mass is 10.1. The number of methoxy groups -OCH3 is 1. The van der Waals surface area contributed by atoms with Gasteiger partial charge < -0.3 is 10.1 Å². The molecule has 3 nitrogen and oxygen atoms in total. The minimum absolute atomic E-state index is 0.0825. The zero-order valence-electron chi connectivity index (χ0n) is 11.5. The van der Waals surface area contributed by atoms with E-state index in [2.05, 4.69) is 5.32 Å². The largest absolute Gasteiger partial charge is 0.494 e. The second-order valence-corrected chi connectivity index (χ2v) is 5.37. The summed E-state index contributed by atoms with van der Waals surface area (Å²) in [5.74, 6) is 0.385. The Balaban J connectivity index is 2.25. The Morgan fingerprint density at radius 3 is 2.68 bits per heavy atom. The quantitative estimate of drug-likeness (QED) is 0.916. The molecule has 0 aromatic heterocycles. The summed E-state index contributed by atoms with van der Waals surface area (Å²) in [4.78, 5) is 12.4. The van der Waals surface area contributed by atoms with Gasteiger partial charge in [-0.05, 0) is 37.0 Å².